The number of nitrogens with zero attached hydrogens (tertiary/aromatic N) is 1. The molecule has 1 atom stereocenters. The highest BCUT2D eigenvalue weighted by Crippen LogP contribution is 2.27. The molecule has 4 heteroatoms. The van der Waals surface area contributed by atoms with E-state index in [0.717, 1.165) is 22.3 Å². The zero-order chi connectivity index (χ0) is 16.4. The van der Waals surface area contributed by atoms with Crippen molar-refractivity contribution < 1.29 is 9.21 Å². The summed E-state index contributed by atoms with van der Waals surface area (Å²) in [5.41, 5.74) is 1.79. The molecule has 0 saturated heterocycles. The summed E-state index contributed by atoms with van der Waals surface area (Å²) >= 11 is 5.87. The average molecular weight is 328 g/mol. The Morgan fingerprint density at radius 3 is 2.57 bits per heavy atom. The Labute approximate surface area is 140 Å². The van der Waals surface area contributed by atoms with Crippen molar-refractivity contribution in [3.63, 3.8) is 0 Å². The van der Waals surface area contributed by atoms with Gasteiger partial charge in [-0.2, -0.15) is 0 Å². The van der Waals surface area contributed by atoms with Crippen molar-refractivity contribution in [3.05, 3.63) is 70.9 Å². The number of amides is 1. The molecule has 23 heavy (non-hydrogen) atoms. The molecule has 3 rings (SSSR count). The number of fused-ring (bicyclic) bond motifs is 1. The summed E-state index contributed by atoms with van der Waals surface area (Å²) in [5, 5.41) is 1.72. The summed E-state index contributed by atoms with van der Waals surface area (Å²) < 4.78 is 5.86. The third-order valence-electron chi connectivity index (χ3n) is 4.10. The maximum atomic E-state index is 12.5. The van der Waals surface area contributed by atoms with E-state index in [1.807, 2.05) is 49.4 Å². The molecular weight excluding hydrogens is 310 g/mol. The van der Waals surface area contributed by atoms with Crippen LogP contribution in [0.1, 0.15) is 24.3 Å². The highest BCUT2D eigenvalue weighted by molar-refractivity contribution is 6.30. The van der Waals surface area contributed by atoms with Crippen LogP contribution in [0.2, 0.25) is 5.02 Å². The van der Waals surface area contributed by atoms with Gasteiger partial charge in [0.1, 0.15) is 11.3 Å². The molecule has 0 aliphatic heterocycles. The molecule has 1 heterocycles. The molecule has 2 aromatic carbocycles. The largest absolute Gasteiger partial charge is 0.459 e. The van der Waals surface area contributed by atoms with E-state index in [9.17, 15) is 4.79 Å². The Morgan fingerprint density at radius 2 is 1.87 bits per heavy atom. The van der Waals surface area contributed by atoms with Crippen LogP contribution in [0, 0.1) is 0 Å². The fourth-order valence-electron chi connectivity index (χ4n) is 2.52. The summed E-state index contributed by atoms with van der Waals surface area (Å²) in [6.45, 7) is 1.97. The first kappa shape index (κ1) is 15.6. The Morgan fingerprint density at radius 1 is 1.17 bits per heavy atom. The zero-order valence-corrected chi connectivity index (χ0v) is 13.9. The molecule has 0 N–H and O–H groups in total. The van der Waals surface area contributed by atoms with Gasteiger partial charge in [0.2, 0.25) is 5.91 Å². The number of carbonyl (C=O) groups excluding carboxylic acids is 1. The Balaban J connectivity index is 1.74. The van der Waals surface area contributed by atoms with Gasteiger partial charge >= 0.3 is 0 Å². The first-order valence-corrected chi connectivity index (χ1v) is 7.91. The van der Waals surface area contributed by atoms with Crippen molar-refractivity contribution in [2.24, 2.45) is 0 Å². The summed E-state index contributed by atoms with van der Waals surface area (Å²) in [5.74, 6) is 0.832. The fourth-order valence-corrected chi connectivity index (χ4v) is 2.64. The van der Waals surface area contributed by atoms with E-state index < -0.39 is 0 Å². The van der Waals surface area contributed by atoms with Crippen molar-refractivity contribution in [3.8, 4) is 0 Å². The van der Waals surface area contributed by atoms with Gasteiger partial charge in [-0.3, -0.25) is 4.79 Å². The second kappa shape index (κ2) is 6.47. The van der Waals surface area contributed by atoms with Crippen LogP contribution < -0.4 is 0 Å². The predicted molar refractivity (Wildman–Crippen MR) is 92.6 cm³/mol. The van der Waals surface area contributed by atoms with Crippen LogP contribution in [0.4, 0.5) is 0 Å². The lowest BCUT2D eigenvalue weighted by atomic mass is 10.1. The number of para-hydroxylation sites is 1. The van der Waals surface area contributed by atoms with Crippen LogP contribution >= 0.6 is 11.6 Å². The molecule has 1 amide bonds. The van der Waals surface area contributed by atoms with Gasteiger partial charge in [-0.15, -0.1) is 0 Å². The van der Waals surface area contributed by atoms with Crippen molar-refractivity contribution in [1.29, 1.82) is 0 Å². The lowest BCUT2D eigenvalue weighted by molar-refractivity contribution is -0.131. The second-order valence-electron chi connectivity index (χ2n) is 5.67. The Bertz CT molecular complexity index is 790. The fraction of sp³-hybridized carbons (Fsp3) is 0.211. The van der Waals surface area contributed by atoms with E-state index in [-0.39, 0.29) is 11.9 Å². The third kappa shape index (κ3) is 3.40. The van der Waals surface area contributed by atoms with Gasteiger partial charge in [-0.05, 0) is 36.8 Å². The molecule has 0 bridgehead atoms. The van der Waals surface area contributed by atoms with Crippen molar-refractivity contribution >= 4 is 28.5 Å². The summed E-state index contributed by atoms with van der Waals surface area (Å²) in [7, 11) is 1.80. The van der Waals surface area contributed by atoms with Gasteiger partial charge in [0.05, 0.1) is 12.5 Å². The SMILES string of the molecule is CC(c1cc2ccccc2o1)N(C)C(=O)Cc1ccc(Cl)cc1. The summed E-state index contributed by atoms with van der Waals surface area (Å²) in [6, 6.07) is 17.1. The van der Waals surface area contributed by atoms with Gasteiger partial charge in [0.15, 0.2) is 0 Å². The van der Waals surface area contributed by atoms with E-state index >= 15 is 0 Å². The maximum Gasteiger partial charge on any atom is 0.227 e. The number of rotatable bonds is 4. The van der Waals surface area contributed by atoms with E-state index in [1.165, 1.54) is 0 Å². The molecule has 1 unspecified atom stereocenters. The molecule has 118 valence electrons. The first-order chi connectivity index (χ1) is 11.0. The molecule has 0 aliphatic rings. The number of carbonyl (C=O) groups is 1. The molecular formula is C19H18ClNO2. The van der Waals surface area contributed by atoms with E-state index in [2.05, 4.69) is 0 Å². The normalized spacial score (nSPS) is 12.3. The zero-order valence-electron chi connectivity index (χ0n) is 13.1. The van der Waals surface area contributed by atoms with Gasteiger partial charge in [-0.25, -0.2) is 0 Å². The molecule has 3 nitrogen and oxygen atoms in total. The minimum absolute atomic E-state index is 0.0419. The first-order valence-electron chi connectivity index (χ1n) is 7.53. The molecule has 1 aromatic heterocycles. The molecule has 0 radical (unpaired) electrons. The van der Waals surface area contributed by atoms with Gasteiger partial charge in [-0.1, -0.05) is 41.9 Å². The van der Waals surface area contributed by atoms with E-state index in [1.54, 1.807) is 24.1 Å². The molecule has 0 aliphatic carbocycles. The van der Waals surface area contributed by atoms with Crippen molar-refractivity contribution in [1.82, 2.24) is 4.90 Å². The Kier molecular flexibility index (Phi) is 4.39. The number of likely N-dealkylation sites (N-methyl/N-ethyl adjacent to an activating group) is 1. The standard InChI is InChI=1S/C19H18ClNO2/c1-13(18-12-15-5-3-4-6-17(15)23-18)21(2)19(22)11-14-7-9-16(20)10-8-14/h3-10,12-13H,11H2,1-2H3. The molecule has 3 aromatic rings. The number of hydrogen-bond acceptors (Lipinski definition) is 2. The van der Waals surface area contributed by atoms with Gasteiger partial charge in [0, 0.05) is 17.5 Å². The minimum Gasteiger partial charge on any atom is -0.459 e. The maximum absolute atomic E-state index is 12.5. The summed E-state index contributed by atoms with van der Waals surface area (Å²) in [6.07, 6.45) is 0.345. The topological polar surface area (TPSA) is 33.5 Å². The van der Waals surface area contributed by atoms with Gasteiger partial charge in [0.25, 0.3) is 0 Å². The van der Waals surface area contributed by atoms with Crippen LogP contribution in [0.3, 0.4) is 0 Å². The van der Waals surface area contributed by atoms with E-state index in [4.69, 9.17) is 16.0 Å². The number of benzene rings is 2. The minimum atomic E-state index is -0.123. The highest BCUT2D eigenvalue weighted by atomic mass is 35.5. The van der Waals surface area contributed by atoms with Crippen molar-refractivity contribution in [2.75, 3.05) is 7.05 Å². The van der Waals surface area contributed by atoms with Crippen molar-refractivity contribution in [2.45, 2.75) is 19.4 Å². The van der Waals surface area contributed by atoms with Gasteiger partial charge < -0.3 is 9.32 Å². The Hall–Kier alpha value is -2.26. The highest BCUT2D eigenvalue weighted by Gasteiger charge is 2.20. The second-order valence-corrected chi connectivity index (χ2v) is 6.11. The van der Waals surface area contributed by atoms with Crippen LogP contribution in [0.25, 0.3) is 11.0 Å². The smallest absolute Gasteiger partial charge is 0.227 e. The average Bonchev–Trinajstić information content (AvgIpc) is 2.99. The monoisotopic (exact) mass is 327 g/mol. The molecule has 0 fully saturated rings. The van der Waals surface area contributed by atoms with Crippen LogP contribution in [-0.2, 0) is 11.2 Å². The third-order valence-corrected chi connectivity index (χ3v) is 4.35. The predicted octanol–water partition coefficient (Wildman–Crippen LogP) is 4.85. The lowest BCUT2D eigenvalue weighted by Crippen LogP contribution is -2.30. The van der Waals surface area contributed by atoms with Crippen LogP contribution in [0.5, 0.6) is 0 Å². The lowest BCUT2D eigenvalue weighted by Gasteiger charge is -2.23. The number of furan rings is 1. The molecule has 0 saturated carbocycles. The van der Waals surface area contributed by atoms with Crippen LogP contribution in [0.15, 0.2) is 59.0 Å². The van der Waals surface area contributed by atoms with Crippen LogP contribution in [-0.4, -0.2) is 17.9 Å². The molecule has 0 spiro atoms. The van der Waals surface area contributed by atoms with E-state index in [0.29, 0.717) is 11.4 Å². The summed E-state index contributed by atoms with van der Waals surface area (Å²) in [4.78, 5) is 14.2. The number of hydrogen-bond donors (Lipinski definition) is 0. The quantitative estimate of drug-likeness (QED) is 0.686. The number of halogens is 1.